The molecule has 5 heteroatoms. The van der Waals surface area contributed by atoms with Crippen molar-refractivity contribution in [3.05, 3.63) is 0 Å². The number of nitrogens with zero attached hydrogens (tertiary/aromatic N) is 1. The highest BCUT2D eigenvalue weighted by molar-refractivity contribution is 7.89. The summed E-state index contributed by atoms with van der Waals surface area (Å²) in [6.45, 7) is 10.1. The van der Waals surface area contributed by atoms with Crippen LogP contribution in [-0.4, -0.2) is 44.7 Å². The van der Waals surface area contributed by atoms with Gasteiger partial charge >= 0.3 is 0 Å². The van der Waals surface area contributed by atoms with Gasteiger partial charge in [0, 0.05) is 20.1 Å². The molecule has 0 saturated heterocycles. The second-order valence-corrected chi connectivity index (χ2v) is 7.52. The van der Waals surface area contributed by atoms with Crippen molar-refractivity contribution in [2.45, 2.75) is 45.8 Å². The number of nitrogens with one attached hydrogen (secondary N) is 1. The highest BCUT2D eigenvalue weighted by atomic mass is 32.2. The van der Waals surface area contributed by atoms with E-state index in [0.717, 1.165) is 19.4 Å². The van der Waals surface area contributed by atoms with E-state index >= 15 is 0 Å². The third-order valence-electron chi connectivity index (χ3n) is 2.82. The maximum Gasteiger partial charge on any atom is 0.217 e. The van der Waals surface area contributed by atoms with E-state index in [1.165, 1.54) is 4.31 Å². The van der Waals surface area contributed by atoms with Crippen LogP contribution in [0.1, 0.15) is 40.5 Å². The van der Waals surface area contributed by atoms with E-state index in [-0.39, 0.29) is 5.25 Å². The zero-order chi connectivity index (χ0) is 13.5. The molecule has 0 bridgehead atoms. The SMILES string of the molecule is CCCNCC(C)S(=O)(=O)N(C)CCC(C)C. The molecular formula is C12H28N2O2S. The van der Waals surface area contributed by atoms with Crippen LogP contribution in [0, 0.1) is 5.92 Å². The molecule has 1 N–H and O–H groups in total. The first-order valence-electron chi connectivity index (χ1n) is 6.48. The Balaban J connectivity index is 4.23. The molecule has 1 unspecified atom stereocenters. The summed E-state index contributed by atoms with van der Waals surface area (Å²) in [6.07, 6.45) is 1.93. The molecule has 0 heterocycles. The molecule has 0 aromatic heterocycles. The minimum absolute atomic E-state index is 0.355. The highest BCUT2D eigenvalue weighted by Crippen LogP contribution is 2.09. The predicted molar refractivity (Wildman–Crippen MR) is 73.6 cm³/mol. The fraction of sp³-hybridized carbons (Fsp3) is 1.00. The molecule has 0 radical (unpaired) electrons. The third-order valence-corrected chi connectivity index (χ3v) is 5.06. The summed E-state index contributed by atoms with van der Waals surface area (Å²) in [4.78, 5) is 0. The van der Waals surface area contributed by atoms with Crippen LogP contribution in [0.2, 0.25) is 0 Å². The van der Waals surface area contributed by atoms with Gasteiger partial charge in [0.1, 0.15) is 0 Å². The lowest BCUT2D eigenvalue weighted by molar-refractivity contribution is 0.420. The molecule has 0 aliphatic rings. The summed E-state index contributed by atoms with van der Waals surface area (Å²) in [6, 6.07) is 0. The van der Waals surface area contributed by atoms with Crippen molar-refractivity contribution >= 4 is 10.0 Å². The Labute approximate surface area is 107 Å². The first-order valence-corrected chi connectivity index (χ1v) is 7.98. The monoisotopic (exact) mass is 264 g/mol. The van der Waals surface area contributed by atoms with Gasteiger partial charge in [-0.2, -0.15) is 0 Å². The Morgan fingerprint density at radius 1 is 1.24 bits per heavy atom. The van der Waals surface area contributed by atoms with Gasteiger partial charge in [-0.15, -0.1) is 0 Å². The van der Waals surface area contributed by atoms with E-state index in [9.17, 15) is 8.42 Å². The van der Waals surface area contributed by atoms with E-state index in [0.29, 0.717) is 19.0 Å². The van der Waals surface area contributed by atoms with Crippen molar-refractivity contribution in [3.8, 4) is 0 Å². The quantitative estimate of drug-likeness (QED) is 0.645. The van der Waals surface area contributed by atoms with Crippen LogP contribution in [0.15, 0.2) is 0 Å². The predicted octanol–water partition coefficient (Wildman–Crippen LogP) is 1.68. The average Bonchev–Trinajstić information content (AvgIpc) is 2.25. The fourth-order valence-electron chi connectivity index (χ4n) is 1.46. The summed E-state index contributed by atoms with van der Waals surface area (Å²) in [5.41, 5.74) is 0. The maximum atomic E-state index is 12.1. The summed E-state index contributed by atoms with van der Waals surface area (Å²) in [5.74, 6) is 0.529. The van der Waals surface area contributed by atoms with E-state index < -0.39 is 10.0 Å². The lowest BCUT2D eigenvalue weighted by Crippen LogP contribution is -2.40. The first-order chi connectivity index (χ1) is 7.82. The minimum atomic E-state index is -3.14. The molecule has 0 rings (SSSR count). The Kier molecular flexibility index (Phi) is 8.00. The number of hydrogen-bond acceptors (Lipinski definition) is 3. The van der Waals surface area contributed by atoms with Gasteiger partial charge in [0.15, 0.2) is 0 Å². The molecule has 0 amide bonds. The normalized spacial score (nSPS) is 14.5. The van der Waals surface area contributed by atoms with Crippen LogP contribution in [0.4, 0.5) is 0 Å². The summed E-state index contributed by atoms with van der Waals surface area (Å²) in [7, 11) is -1.47. The summed E-state index contributed by atoms with van der Waals surface area (Å²) >= 11 is 0. The molecule has 0 aliphatic heterocycles. The van der Waals surface area contributed by atoms with Gasteiger partial charge in [-0.05, 0) is 32.2 Å². The second-order valence-electron chi connectivity index (χ2n) is 5.06. The van der Waals surface area contributed by atoms with Crippen molar-refractivity contribution in [1.82, 2.24) is 9.62 Å². The van der Waals surface area contributed by atoms with Crippen LogP contribution < -0.4 is 5.32 Å². The molecule has 1 atom stereocenters. The molecule has 0 fully saturated rings. The van der Waals surface area contributed by atoms with Crippen LogP contribution in [-0.2, 0) is 10.0 Å². The lowest BCUT2D eigenvalue weighted by atomic mass is 10.1. The Morgan fingerprint density at radius 3 is 2.29 bits per heavy atom. The third kappa shape index (κ3) is 6.38. The molecule has 17 heavy (non-hydrogen) atoms. The highest BCUT2D eigenvalue weighted by Gasteiger charge is 2.25. The van der Waals surface area contributed by atoms with Crippen molar-refractivity contribution in [2.24, 2.45) is 5.92 Å². The molecule has 104 valence electrons. The first kappa shape index (κ1) is 16.9. The molecule has 0 saturated carbocycles. The smallest absolute Gasteiger partial charge is 0.217 e. The van der Waals surface area contributed by atoms with Crippen LogP contribution in [0.25, 0.3) is 0 Å². The van der Waals surface area contributed by atoms with Crippen molar-refractivity contribution in [2.75, 3.05) is 26.7 Å². The molecule has 4 nitrogen and oxygen atoms in total. The zero-order valence-electron chi connectivity index (χ0n) is 11.9. The van der Waals surface area contributed by atoms with Crippen LogP contribution >= 0.6 is 0 Å². The molecule has 0 aromatic rings. The Morgan fingerprint density at radius 2 is 1.82 bits per heavy atom. The maximum absolute atomic E-state index is 12.1. The second kappa shape index (κ2) is 8.06. The van der Waals surface area contributed by atoms with E-state index in [2.05, 4.69) is 26.1 Å². The van der Waals surface area contributed by atoms with Gasteiger partial charge in [-0.25, -0.2) is 12.7 Å². The largest absolute Gasteiger partial charge is 0.315 e. The van der Waals surface area contributed by atoms with Crippen molar-refractivity contribution in [1.29, 1.82) is 0 Å². The van der Waals surface area contributed by atoms with Gasteiger partial charge in [0.2, 0.25) is 10.0 Å². The minimum Gasteiger partial charge on any atom is -0.315 e. The van der Waals surface area contributed by atoms with Crippen molar-refractivity contribution in [3.63, 3.8) is 0 Å². The van der Waals surface area contributed by atoms with Gasteiger partial charge in [-0.1, -0.05) is 20.8 Å². The van der Waals surface area contributed by atoms with Crippen molar-refractivity contribution < 1.29 is 8.42 Å². The Bertz CT molecular complexity index is 289. The van der Waals surface area contributed by atoms with E-state index in [1.54, 1.807) is 14.0 Å². The molecular weight excluding hydrogens is 236 g/mol. The molecule has 0 spiro atoms. The lowest BCUT2D eigenvalue weighted by Gasteiger charge is -2.22. The van der Waals surface area contributed by atoms with Gasteiger partial charge in [0.25, 0.3) is 0 Å². The van der Waals surface area contributed by atoms with E-state index in [4.69, 9.17) is 0 Å². The van der Waals surface area contributed by atoms with E-state index in [1.807, 2.05) is 0 Å². The topological polar surface area (TPSA) is 49.4 Å². The zero-order valence-corrected chi connectivity index (χ0v) is 12.7. The van der Waals surface area contributed by atoms with Gasteiger partial charge in [-0.3, -0.25) is 0 Å². The number of hydrogen-bond donors (Lipinski definition) is 1. The number of sulfonamides is 1. The van der Waals surface area contributed by atoms with Crippen LogP contribution in [0.3, 0.4) is 0 Å². The molecule has 0 aliphatic carbocycles. The summed E-state index contributed by atoms with van der Waals surface area (Å²) < 4.78 is 25.7. The molecule has 0 aromatic carbocycles. The fourth-order valence-corrected chi connectivity index (χ4v) is 2.76. The standard InChI is InChI=1S/C12H28N2O2S/c1-6-8-13-10-12(4)17(15,16)14(5)9-7-11(2)3/h11-13H,6-10H2,1-5H3. The Hall–Kier alpha value is -0.130. The number of rotatable bonds is 9. The summed E-state index contributed by atoms with van der Waals surface area (Å²) in [5, 5.41) is 2.80. The van der Waals surface area contributed by atoms with Gasteiger partial charge in [0.05, 0.1) is 5.25 Å². The average molecular weight is 264 g/mol. The van der Waals surface area contributed by atoms with Gasteiger partial charge < -0.3 is 5.32 Å². The van der Waals surface area contributed by atoms with Crippen LogP contribution in [0.5, 0.6) is 0 Å².